The van der Waals surface area contributed by atoms with E-state index in [4.69, 9.17) is 5.73 Å². The second kappa shape index (κ2) is 5.98. The second-order valence-corrected chi connectivity index (χ2v) is 7.05. The number of carbonyl (C=O) groups is 1. The third-order valence-corrected chi connectivity index (χ3v) is 3.93. The molecule has 1 amide bonds. The zero-order valence-electron chi connectivity index (χ0n) is 10.4. The molecule has 0 saturated carbocycles. The molecule has 1 aromatic rings. The summed E-state index contributed by atoms with van der Waals surface area (Å²) in [6.07, 6.45) is 0.877. The van der Waals surface area contributed by atoms with Gasteiger partial charge < -0.3 is 11.1 Å². The molecular weight excluding hydrogens is 339 g/mol. The molecule has 0 unspecified atom stereocenters. The summed E-state index contributed by atoms with van der Waals surface area (Å²) in [7, 11) is -3.76. The third kappa shape index (κ3) is 3.99. The highest BCUT2D eigenvalue weighted by Gasteiger charge is 2.22. The van der Waals surface area contributed by atoms with Crippen LogP contribution < -0.4 is 11.1 Å². The first-order valence-electron chi connectivity index (χ1n) is 5.37. The summed E-state index contributed by atoms with van der Waals surface area (Å²) in [5, 5.41) is 2.47. The normalized spacial score (nSPS) is 13.1. The molecule has 106 valence electrons. The van der Waals surface area contributed by atoms with Crippen LogP contribution in [0.15, 0.2) is 21.5 Å². The number of halogens is 2. The van der Waals surface area contributed by atoms with Gasteiger partial charge in [0, 0.05) is 23.3 Å². The number of sulfone groups is 1. The predicted octanol–water partition coefficient (Wildman–Crippen LogP) is 1.07. The molecule has 5 nitrogen and oxygen atoms in total. The quantitative estimate of drug-likeness (QED) is 0.847. The van der Waals surface area contributed by atoms with Crippen molar-refractivity contribution in [2.45, 2.75) is 17.9 Å². The SMILES string of the molecule is C[C@@H](CN)NC(=O)c1cc(Br)cc(S(C)(=O)=O)c1F. The van der Waals surface area contributed by atoms with E-state index in [1.807, 2.05) is 0 Å². The molecule has 1 aromatic carbocycles. The average Bonchev–Trinajstić information content (AvgIpc) is 2.29. The molecular formula is C11H14BrFN2O3S. The number of benzene rings is 1. The highest BCUT2D eigenvalue weighted by molar-refractivity contribution is 9.10. The Balaban J connectivity index is 3.30. The first-order chi connectivity index (χ1) is 8.66. The first kappa shape index (κ1) is 16.1. The highest BCUT2D eigenvalue weighted by Crippen LogP contribution is 2.24. The van der Waals surface area contributed by atoms with Crippen molar-refractivity contribution in [3.8, 4) is 0 Å². The molecule has 0 aromatic heterocycles. The van der Waals surface area contributed by atoms with Crippen molar-refractivity contribution >= 4 is 31.7 Å². The van der Waals surface area contributed by atoms with E-state index in [0.717, 1.165) is 12.3 Å². The first-order valence-corrected chi connectivity index (χ1v) is 8.05. The number of nitrogens with one attached hydrogen (secondary N) is 1. The second-order valence-electron chi connectivity index (χ2n) is 4.15. The Morgan fingerprint density at radius 1 is 1.53 bits per heavy atom. The van der Waals surface area contributed by atoms with E-state index in [2.05, 4.69) is 21.2 Å². The molecule has 0 aliphatic carbocycles. The maximum atomic E-state index is 14.1. The molecule has 0 aliphatic heterocycles. The van der Waals surface area contributed by atoms with Crippen LogP contribution in [0.3, 0.4) is 0 Å². The smallest absolute Gasteiger partial charge is 0.254 e. The van der Waals surface area contributed by atoms with Gasteiger partial charge in [-0.3, -0.25) is 4.79 Å². The summed E-state index contributed by atoms with van der Waals surface area (Å²) < 4.78 is 37.3. The molecule has 0 aliphatic rings. The van der Waals surface area contributed by atoms with Crippen LogP contribution in [0.2, 0.25) is 0 Å². The van der Waals surface area contributed by atoms with E-state index in [-0.39, 0.29) is 18.2 Å². The minimum atomic E-state index is -3.76. The summed E-state index contributed by atoms with van der Waals surface area (Å²) >= 11 is 3.06. The fourth-order valence-corrected chi connectivity index (χ4v) is 2.75. The lowest BCUT2D eigenvalue weighted by molar-refractivity contribution is 0.0936. The number of hydrogen-bond donors (Lipinski definition) is 2. The Morgan fingerprint density at radius 3 is 2.58 bits per heavy atom. The van der Waals surface area contributed by atoms with Crippen molar-refractivity contribution in [2.75, 3.05) is 12.8 Å². The monoisotopic (exact) mass is 352 g/mol. The lowest BCUT2D eigenvalue weighted by Gasteiger charge is -2.13. The highest BCUT2D eigenvalue weighted by atomic mass is 79.9. The molecule has 0 fully saturated rings. The number of rotatable bonds is 4. The van der Waals surface area contributed by atoms with E-state index >= 15 is 0 Å². The molecule has 0 saturated heterocycles. The maximum Gasteiger partial charge on any atom is 0.254 e. The van der Waals surface area contributed by atoms with Crippen molar-refractivity contribution in [1.29, 1.82) is 0 Å². The van der Waals surface area contributed by atoms with Gasteiger partial charge in [-0.2, -0.15) is 0 Å². The van der Waals surface area contributed by atoms with Gasteiger partial charge in [-0.05, 0) is 19.1 Å². The van der Waals surface area contributed by atoms with Crippen molar-refractivity contribution in [2.24, 2.45) is 5.73 Å². The predicted molar refractivity (Wildman–Crippen MR) is 73.2 cm³/mol. The molecule has 8 heteroatoms. The van der Waals surface area contributed by atoms with Gasteiger partial charge in [0.2, 0.25) is 0 Å². The molecule has 0 spiro atoms. The molecule has 0 radical (unpaired) electrons. The maximum absolute atomic E-state index is 14.1. The summed E-state index contributed by atoms with van der Waals surface area (Å²) in [5.41, 5.74) is 5.01. The minimum Gasteiger partial charge on any atom is -0.348 e. The fourth-order valence-electron chi connectivity index (χ4n) is 1.36. The van der Waals surface area contributed by atoms with Gasteiger partial charge in [0.25, 0.3) is 5.91 Å². The van der Waals surface area contributed by atoms with Crippen LogP contribution in [0, 0.1) is 5.82 Å². The van der Waals surface area contributed by atoms with Crippen LogP contribution >= 0.6 is 15.9 Å². The van der Waals surface area contributed by atoms with Crippen molar-refractivity contribution < 1.29 is 17.6 Å². The summed E-state index contributed by atoms with van der Waals surface area (Å²) in [6, 6.07) is 2.00. The Hall–Kier alpha value is -0.990. The Bertz CT molecular complexity index is 604. The number of hydrogen-bond acceptors (Lipinski definition) is 4. The zero-order valence-corrected chi connectivity index (χ0v) is 12.8. The van der Waals surface area contributed by atoms with Gasteiger partial charge >= 0.3 is 0 Å². The molecule has 19 heavy (non-hydrogen) atoms. The third-order valence-electron chi connectivity index (χ3n) is 2.38. The molecule has 0 bridgehead atoms. The molecule has 3 N–H and O–H groups in total. The van der Waals surface area contributed by atoms with E-state index in [0.29, 0.717) is 4.47 Å². The van der Waals surface area contributed by atoms with Gasteiger partial charge in [-0.1, -0.05) is 15.9 Å². The lowest BCUT2D eigenvalue weighted by Crippen LogP contribution is -2.38. The summed E-state index contributed by atoms with van der Waals surface area (Å²) in [6.45, 7) is 1.85. The minimum absolute atomic E-state index is 0.195. The standard InChI is InChI=1S/C11H14BrFN2O3S/c1-6(5-14)15-11(16)8-3-7(12)4-9(10(8)13)19(2,17)18/h3-4,6H,5,14H2,1-2H3,(H,15,16)/t6-/m0/s1. The zero-order chi connectivity index (χ0) is 14.8. The van der Waals surface area contributed by atoms with E-state index < -0.39 is 26.5 Å². The van der Waals surface area contributed by atoms with Crippen LogP contribution in [0.1, 0.15) is 17.3 Å². The van der Waals surface area contributed by atoms with E-state index in [9.17, 15) is 17.6 Å². The van der Waals surface area contributed by atoms with E-state index in [1.165, 1.54) is 6.07 Å². The largest absolute Gasteiger partial charge is 0.348 e. The number of amides is 1. The molecule has 1 atom stereocenters. The van der Waals surface area contributed by atoms with Crippen LogP contribution in [0.5, 0.6) is 0 Å². The van der Waals surface area contributed by atoms with Crippen LogP contribution in [0.4, 0.5) is 4.39 Å². The Morgan fingerprint density at radius 2 is 2.11 bits per heavy atom. The van der Waals surface area contributed by atoms with E-state index in [1.54, 1.807) is 6.92 Å². The van der Waals surface area contributed by atoms with Crippen molar-refractivity contribution in [1.82, 2.24) is 5.32 Å². The molecule has 0 heterocycles. The summed E-state index contributed by atoms with van der Waals surface area (Å²) in [5.74, 6) is -1.77. The van der Waals surface area contributed by atoms with Crippen LogP contribution in [-0.4, -0.2) is 33.2 Å². The van der Waals surface area contributed by atoms with Gasteiger partial charge in [0.15, 0.2) is 15.7 Å². The van der Waals surface area contributed by atoms with Gasteiger partial charge in [-0.25, -0.2) is 12.8 Å². The Labute approximate surface area is 119 Å². The lowest BCUT2D eigenvalue weighted by atomic mass is 10.2. The van der Waals surface area contributed by atoms with Gasteiger partial charge in [0.1, 0.15) is 4.90 Å². The summed E-state index contributed by atoms with van der Waals surface area (Å²) in [4.78, 5) is 11.3. The van der Waals surface area contributed by atoms with Crippen LogP contribution in [-0.2, 0) is 9.84 Å². The van der Waals surface area contributed by atoms with Crippen molar-refractivity contribution in [3.05, 3.63) is 28.0 Å². The van der Waals surface area contributed by atoms with Crippen molar-refractivity contribution in [3.63, 3.8) is 0 Å². The average molecular weight is 353 g/mol. The topological polar surface area (TPSA) is 89.3 Å². The van der Waals surface area contributed by atoms with Crippen LogP contribution in [0.25, 0.3) is 0 Å². The Kier molecular flexibility index (Phi) is 5.05. The number of nitrogens with two attached hydrogens (primary N) is 1. The van der Waals surface area contributed by atoms with Gasteiger partial charge in [-0.15, -0.1) is 0 Å². The number of carbonyl (C=O) groups excluding carboxylic acids is 1. The van der Waals surface area contributed by atoms with Gasteiger partial charge in [0.05, 0.1) is 5.56 Å². The molecule has 1 rings (SSSR count). The fraction of sp³-hybridized carbons (Fsp3) is 0.364.